The number of aromatic nitrogens is 2. The van der Waals surface area contributed by atoms with Gasteiger partial charge in [0, 0.05) is 12.0 Å². The molecule has 0 saturated carbocycles. The second kappa shape index (κ2) is 5.05. The molecule has 2 aromatic heterocycles. The molecule has 0 aliphatic carbocycles. The molecule has 0 aliphatic rings. The van der Waals surface area contributed by atoms with Crippen molar-refractivity contribution in [3.63, 3.8) is 0 Å². The fourth-order valence-corrected chi connectivity index (χ4v) is 2.78. The van der Waals surface area contributed by atoms with Crippen LogP contribution in [0, 0.1) is 0 Å². The third-order valence-corrected chi connectivity index (χ3v) is 3.74. The molecule has 1 aromatic carbocycles. The Kier molecular flexibility index (Phi) is 3.25. The normalized spacial score (nSPS) is 10.8. The van der Waals surface area contributed by atoms with Crippen LogP contribution >= 0.6 is 15.9 Å². The monoisotopic (exact) mass is 316 g/mol. The standard InChI is InChI=1S/C15H13BrN2O/c1-19-13-7-3-2-5-11(13)9-15-17-10-12-6-4-8-14(16)18(12)15/h2-8,10H,9H2,1H3. The average Bonchev–Trinajstić information content (AvgIpc) is 2.84. The number of hydrogen-bond acceptors (Lipinski definition) is 2. The van der Waals surface area contributed by atoms with Gasteiger partial charge in [0.2, 0.25) is 0 Å². The lowest BCUT2D eigenvalue weighted by molar-refractivity contribution is 0.410. The van der Waals surface area contributed by atoms with Gasteiger partial charge < -0.3 is 4.74 Å². The molecule has 19 heavy (non-hydrogen) atoms. The van der Waals surface area contributed by atoms with Crippen LogP contribution in [-0.4, -0.2) is 16.5 Å². The van der Waals surface area contributed by atoms with E-state index in [2.05, 4.69) is 31.4 Å². The van der Waals surface area contributed by atoms with E-state index in [4.69, 9.17) is 4.74 Å². The van der Waals surface area contributed by atoms with Gasteiger partial charge in [0.25, 0.3) is 0 Å². The number of rotatable bonds is 3. The quantitative estimate of drug-likeness (QED) is 0.689. The van der Waals surface area contributed by atoms with Crippen LogP contribution in [0.4, 0.5) is 0 Å². The van der Waals surface area contributed by atoms with E-state index in [1.165, 1.54) is 0 Å². The SMILES string of the molecule is COc1ccccc1Cc1ncc2cccc(Br)n12. The molecule has 0 spiro atoms. The zero-order valence-corrected chi connectivity index (χ0v) is 12.1. The Labute approximate surface area is 120 Å². The van der Waals surface area contributed by atoms with Crippen molar-refractivity contribution in [1.82, 2.24) is 9.38 Å². The van der Waals surface area contributed by atoms with E-state index in [1.54, 1.807) is 7.11 Å². The first-order valence-electron chi connectivity index (χ1n) is 6.02. The smallest absolute Gasteiger partial charge is 0.122 e. The minimum atomic E-state index is 0.737. The van der Waals surface area contributed by atoms with Gasteiger partial charge in [-0.3, -0.25) is 4.40 Å². The number of ether oxygens (including phenoxy) is 1. The first kappa shape index (κ1) is 12.2. The minimum Gasteiger partial charge on any atom is -0.496 e. The van der Waals surface area contributed by atoms with E-state index >= 15 is 0 Å². The first-order chi connectivity index (χ1) is 9.29. The van der Waals surface area contributed by atoms with Crippen LogP contribution in [0.2, 0.25) is 0 Å². The number of methoxy groups -OCH3 is 1. The summed E-state index contributed by atoms with van der Waals surface area (Å²) in [6.45, 7) is 0. The molecule has 0 N–H and O–H groups in total. The summed E-state index contributed by atoms with van der Waals surface area (Å²) in [5, 5.41) is 0. The van der Waals surface area contributed by atoms with E-state index in [1.807, 2.05) is 42.6 Å². The Morgan fingerprint density at radius 3 is 2.84 bits per heavy atom. The molecule has 0 unspecified atom stereocenters. The van der Waals surface area contributed by atoms with Gasteiger partial charge in [-0.1, -0.05) is 24.3 Å². The average molecular weight is 317 g/mol. The summed E-state index contributed by atoms with van der Waals surface area (Å²) in [4.78, 5) is 4.50. The summed E-state index contributed by atoms with van der Waals surface area (Å²) < 4.78 is 8.50. The molecule has 0 bridgehead atoms. The maximum Gasteiger partial charge on any atom is 0.122 e. The molecule has 96 valence electrons. The van der Waals surface area contributed by atoms with Gasteiger partial charge in [-0.15, -0.1) is 0 Å². The molecule has 2 heterocycles. The topological polar surface area (TPSA) is 26.5 Å². The third-order valence-electron chi connectivity index (χ3n) is 3.12. The van der Waals surface area contributed by atoms with E-state index < -0.39 is 0 Å². The fraction of sp³-hybridized carbons (Fsp3) is 0.133. The predicted molar refractivity (Wildman–Crippen MR) is 78.7 cm³/mol. The number of fused-ring (bicyclic) bond motifs is 1. The first-order valence-corrected chi connectivity index (χ1v) is 6.81. The minimum absolute atomic E-state index is 0.737. The van der Waals surface area contributed by atoms with Crippen molar-refractivity contribution in [3.05, 3.63) is 64.7 Å². The number of pyridine rings is 1. The van der Waals surface area contributed by atoms with E-state index in [0.717, 1.165) is 33.7 Å². The van der Waals surface area contributed by atoms with Gasteiger partial charge in [-0.2, -0.15) is 0 Å². The van der Waals surface area contributed by atoms with Crippen molar-refractivity contribution in [2.75, 3.05) is 7.11 Å². The van der Waals surface area contributed by atoms with Crippen molar-refractivity contribution in [2.45, 2.75) is 6.42 Å². The third kappa shape index (κ3) is 2.24. The molecular weight excluding hydrogens is 304 g/mol. The van der Waals surface area contributed by atoms with Crippen LogP contribution in [-0.2, 0) is 6.42 Å². The van der Waals surface area contributed by atoms with Crippen LogP contribution in [0.5, 0.6) is 5.75 Å². The van der Waals surface area contributed by atoms with Crippen LogP contribution < -0.4 is 4.74 Å². The summed E-state index contributed by atoms with van der Waals surface area (Å²) in [6.07, 6.45) is 2.62. The van der Waals surface area contributed by atoms with Crippen LogP contribution in [0.1, 0.15) is 11.4 Å². The second-order valence-electron chi connectivity index (χ2n) is 4.27. The number of benzene rings is 1. The highest BCUT2D eigenvalue weighted by atomic mass is 79.9. The number of para-hydroxylation sites is 1. The Hall–Kier alpha value is -1.81. The van der Waals surface area contributed by atoms with Crippen LogP contribution in [0.15, 0.2) is 53.3 Å². The molecule has 0 radical (unpaired) electrons. The number of nitrogens with zero attached hydrogens (tertiary/aromatic N) is 2. The summed E-state index contributed by atoms with van der Waals surface area (Å²) in [7, 11) is 1.69. The van der Waals surface area contributed by atoms with Gasteiger partial charge >= 0.3 is 0 Å². The molecule has 3 rings (SSSR count). The summed E-state index contributed by atoms with van der Waals surface area (Å²) in [6, 6.07) is 14.1. The summed E-state index contributed by atoms with van der Waals surface area (Å²) >= 11 is 3.57. The van der Waals surface area contributed by atoms with Crippen molar-refractivity contribution >= 4 is 21.4 Å². The van der Waals surface area contributed by atoms with E-state index in [0.29, 0.717) is 0 Å². The lowest BCUT2D eigenvalue weighted by Crippen LogP contribution is -1.99. The van der Waals surface area contributed by atoms with Crippen LogP contribution in [0.25, 0.3) is 5.52 Å². The van der Waals surface area contributed by atoms with Gasteiger partial charge in [-0.05, 0) is 34.1 Å². The van der Waals surface area contributed by atoms with Crippen molar-refractivity contribution in [3.8, 4) is 5.75 Å². The van der Waals surface area contributed by atoms with E-state index in [9.17, 15) is 0 Å². The highest BCUT2D eigenvalue weighted by Gasteiger charge is 2.09. The van der Waals surface area contributed by atoms with Gasteiger partial charge in [0.05, 0.1) is 23.4 Å². The number of imidazole rings is 1. The van der Waals surface area contributed by atoms with Crippen molar-refractivity contribution in [1.29, 1.82) is 0 Å². The predicted octanol–water partition coefficient (Wildman–Crippen LogP) is 3.70. The molecule has 0 amide bonds. The molecule has 3 nitrogen and oxygen atoms in total. The van der Waals surface area contributed by atoms with Gasteiger partial charge in [0.15, 0.2) is 0 Å². The lowest BCUT2D eigenvalue weighted by atomic mass is 10.1. The van der Waals surface area contributed by atoms with Crippen LogP contribution in [0.3, 0.4) is 0 Å². The molecule has 0 aliphatic heterocycles. The van der Waals surface area contributed by atoms with Crippen molar-refractivity contribution < 1.29 is 4.74 Å². The summed E-state index contributed by atoms with van der Waals surface area (Å²) in [5.74, 6) is 1.89. The lowest BCUT2D eigenvalue weighted by Gasteiger charge is -2.08. The maximum atomic E-state index is 5.39. The molecular formula is C15H13BrN2O. The Bertz CT molecular complexity index is 721. The summed E-state index contributed by atoms with van der Waals surface area (Å²) in [5.41, 5.74) is 2.22. The number of halogens is 1. The zero-order valence-electron chi connectivity index (χ0n) is 10.5. The van der Waals surface area contributed by atoms with Crippen molar-refractivity contribution in [2.24, 2.45) is 0 Å². The molecule has 0 saturated heterocycles. The fourth-order valence-electron chi connectivity index (χ4n) is 2.21. The molecule has 3 aromatic rings. The molecule has 0 fully saturated rings. The maximum absolute atomic E-state index is 5.39. The zero-order chi connectivity index (χ0) is 13.2. The molecule has 4 heteroatoms. The highest BCUT2D eigenvalue weighted by molar-refractivity contribution is 9.10. The Morgan fingerprint density at radius 2 is 2.00 bits per heavy atom. The Morgan fingerprint density at radius 1 is 1.16 bits per heavy atom. The van der Waals surface area contributed by atoms with Gasteiger partial charge in [-0.25, -0.2) is 4.98 Å². The number of hydrogen-bond donors (Lipinski definition) is 0. The van der Waals surface area contributed by atoms with Gasteiger partial charge in [0.1, 0.15) is 11.6 Å². The van der Waals surface area contributed by atoms with E-state index in [-0.39, 0.29) is 0 Å². The highest BCUT2D eigenvalue weighted by Crippen LogP contribution is 2.23. The largest absolute Gasteiger partial charge is 0.496 e. The second-order valence-corrected chi connectivity index (χ2v) is 5.08. The molecule has 0 atom stereocenters. The Balaban J connectivity index is 2.06.